The highest BCUT2D eigenvalue weighted by atomic mass is 35.5. The number of fused-ring (bicyclic) bond motifs is 1. The van der Waals surface area contributed by atoms with Gasteiger partial charge in [0.25, 0.3) is 5.56 Å². The fourth-order valence-corrected chi connectivity index (χ4v) is 4.01. The minimum absolute atomic E-state index is 0.0465. The molecule has 1 amide bonds. The number of rotatable bonds is 3. The Morgan fingerprint density at radius 2 is 1.91 bits per heavy atom. The predicted octanol–water partition coefficient (Wildman–Crippen LogP) is 4.80. The van der Waals surface area contributed by atoms with Gasteiger partial charge in [-0.3, -0.25) is 9.36 Å². The SMILES string of the molecule is COc1cccc(F)c1-c1c(Cl)cc2c(=O)n(C3CN(C(=O)OC(C)(C)C)C3)cnc2c1F. The number of carbonyl (C=O) groups excluding carboxylic acids is 1. The lowest BCUT2D eigenvalue weighted by Crippen LogP contribution is -2.54. The average Bonchev–Trinajstić information content (AvgIpc) is 2.68. The molecule has 10 heteroatoms. The molecule has 2 aromatic carbocycles. The molecule has 0 N–H and O–H groups in total. The van der Waals surface area contributed by atoms with Crippen LogP contribution in [0.3, 0.4) is 0 Å². The van der Waals surface area contributed by atoms with Crippen LogP contribution in [0.1, 0.15) is 26.8 Å². The Bertz CT molecular complexity index is 1310. The van der Waals surface area contributed by atoms with E-state index in [4.69, 9.17) is 21.1 Å². The van der Waals surface area contributed by atoms with Crippen LogP contribution in [0.5, 0.6) is 5.75 Å². The van der Waals surface area contributed by atoms with Crippen LogP contribution in [0.2, 0.25) is 5.02 Å². The summed E-state index contributed by atoms with van der Waals surface area (Å²) in [4.78, 5) is 30.8. The lowest BCUT2D eigenvalue weighted by atomic mass is 10.0. The summed E-state index contributed by atoms with van der Waals surface area (Å²) in [5.41, 5.74) is -1.76. The Hall–Kier alpha value is -3.20. The molecular formula is C23H22ClF2N3O4. The van der Waals surface area contributed by atoms with Crippen LogP contribution in [-0.4, -0.2) is 46.3 Å². The average molecular weight is 478 g/mol. The first kappa shape index (κ1) is 23.0. The minimum atomic E-state index is -0.922. The number of aromatic nitrogens is 2. The van der Waals surface area contributed by atoms with Crippen LogP contribution in [0.4, 0.5) is 13.6 Å². The summed E-state index contributed by atoms with van der Waals surface area (Å²) in [6.45, 7) is 5.81. The third-order valence-corrected chi connectivity index (χ3v) is 5.62. The fourth-order valence-electron chi connectivity index (χ4n) is 3.72. The Morgan fingerprint density at radius 1 is 1.21 bits per heavy atom. The number of amides is 1. The van der Waals surface area contributed by atoms with Crippen LogP contribution in [0.25, 0.3) is 22.0 Å². The number of benzene rings is 2. The second kappa shape index (κ2) is 8.30. The van der Waals surface area contributed by atoms with Crippen LogP contribution in [0, 0.1) is 11.6 Å². The van der Waals surface area contributed by atoms with Gasteiger partial charge in [0.2, 0.25) is 0 Å². The third kappa shape index (κ3) is 4.13. The molecule has 0 bridgehead atoms. The first-order valence-electron chi connectivity index (χ1n) is 10.2. The predicted molar refractivity (Wildman–Crippen MR) is 120 cm³/mol. The van der Waals surface area contributed by atoms with Gasteiger partial charge in [-0.2, -0.15) is 0 Å². The van der Waals surface area contributed by atoms with Crippen molar-refractivity contribution < 1.29 is 23.0 Å². The Labute approximate surface area is 193 Å². The van der Waals surface area contributed by atoms with E-state index in [0.717, 1.165) is 6.07 Å². The van der Waals surface area contributed by atoms with E-state index < -0.39 is 28.9 Å². The van der Waals surface area contributed by atoms with Crippen molar-refractivity contribution in [3.63, 3.8) is 0 Å². The van der Waals surface area contributed by atoms with E-state index in [1.807, 2.05) is 0 Å². The van der Waals surface area contributed by atoms with E-state index in [0.29, 0.717) is 0 Å². The minimum Gasteiger partial charge on any atom is -0.496 e. The van der Waals surface area contributed by atoms with E-state index in [2.05, 4.69) is 4.98 Å². The molecule has 0 radical (unpaired) electrons. The van der Waals surface area contributed by atoms with E-state index in [9.17, 15) is 14.0 Å². The second-order valence-electron chi connectivity index (χ2n) is 8.76. The Morgan fingerprint density at radius 3 is 2.55 bits per heavy atom. The molecule has 0 spiro atoms. The monoisotopic (exact) mass is 477 g/mol. The van der Waals surface area contributed by atoms with Crippen molar-refractivity contribution in [3.05, 3.63) is 57.6 Å². The van der Waals surface area contributed by atoms with Crippen molar-refractivity contribution in [1.29, 1.82) is 0 Å². The van der Waals surface area contributed by atoms with Gasteiger partial charge in [0.1, 0.15) is 22.7 Å². The van der Waals surface area contributed by atoms with Crippen molar-refractivity contribution >= 4 is 28.6 Å². The summed E-state index contributed by atoms with van der Waals surface area (Å²) in [5.74, 6) is -1.55. The largest absolute Gasteiger partial charge is 0.496 e. The van der Waals surface area contributed by atoms with Gasteiger partial charge < -0.3 is 14.4 Å². The summed E-state index contributed by atoms with van der Waals surface area (Å²) in [6.07, 6.45) is 0.749. The Balaban J connectivity index is 1.71. The van der Waals surface area contributed by atoms with Gasteiger partial charge in [-0.05, 0) is 39.0 Å². The number of halogens is 3. The van der Waals surface area contributed by atoms with Crippen LogP contribution in [-0.2, 0) is 4.74 Å². The molecule has 0 saturated carbocycles. The molecule has 33 heavy (non-hydrogen) atoms. The molecule has 0 aliphatic carbocycles. The highest BCUT2D eigenvalue weighted by Gasteiger charge is 2.36. The quantitative estimate of drug-likeness (QED) is 0.542. The highest BCUT2D eigenvalue weighted by molar-refractivity contribution is 6.34. The summed E-state index contributed by atoms with van der Waals surface area (Å²) in [5, 5.41) is -0.196. The molecule has 2 heterocycles. The molecule has 1 aliphatic rings. The van der Waals surface area contributed by atoms with Crippen LogP contribution < -0.4 is 10.3 Å². The lowest BCUT2D eigenvalue weighted by Gasteiger charge is -2.40. The van der Waals surface area contributed by atoms with E-state index in [1.165, 1.54) is 41.1 Å². The molecule has 7 nitrogen and oxygen atoms in total. The van der Waals surface area contributed by atoms with Crippen molar-refractivity contribution in [2.45, 2.75) is 32.4 Å². The van der Waals surface area contributed by atoms with E-state index >= 15 is 4.39 Å². The zero-order valence-electron chi connectivity index (χ0n) is 18.5. The first-order valence-corrected chi connectivity index (χ1v) is 10.6. The molecule has 1 aromatic heterocycles. The van der Waals surface area contributed by atoms with Crippen molar-refractivity contribution in [2.24, 2.45) is 0 Å². The van der Waals surface area contributed by atoms with Gasteiger partial charge in [-0.15, -0.1) is 0 Å². The topological polar surface area (TPSA) is 73.7 Å². The third-order valence-electron chi connectivity index (χ3n) is 5.32. The standard InChI is InChI=1S/C23H22ClF2N3O4/c1-23(2,3)33-22(31)28-9-12(10-28)29-11-27-20-13(21(29)30)8-14(24)17(19(20)26)18-15(25)6-5-7-16(18)32-4/h5-8,11-12H,9-10H2,1-4H3. The van der Waals surface area contributed by atoms with Gasteiger partial charge in [0.05, 0.1) is 35.5 Å². The summed E-state index contributed by atoms with van der Waals surface area (Å²) in [7, 11) is 1.33. The normalized spacial score (nSPS) is 14.3. The zero-order valence-corrected chi connectivity index (χ0v) is 19.2. The number of hydrogen-bond acceptors (Lipinski definition) is 5. The van der Waals surface area contributed by atoms with Gasteiger partial charge in [-0.1, -0.05) is 17.7 Å². The number of nitrogens with zero attached hydrogens (tertiary/aromatic N) is 3. The molecular weight excluding hydrogens is 456 g/mol. The molecule has 3 aromatic rings. The second-order valence-corrected chi connectivity index (χ2v) is 9.16. The van der Waals surface area contributed by atoms with Gasteiger partial charge >= 0.3 is 6.09 Å². The van der Waals surface area contributed by atoms with Crippen molar-refractivity contribution in [1.82, 2.24) is 14.5 Å². The van der Waals surface area contributed by atoms with Gasteiger partial charge in [0.15, 0.2) is 5.82 Å². The number of carbonyl (C=O) groups is 1. The van der Waals surface area contributed by atoms with Crippen molar-refractivity contribution in [3.8, 4) is 16.9 Å². The number of methoxy groups -OCH3 is 1. The molecule has 174 valence electrons. The summed E-state index contributed by atoms with van der Waals surface area (Å²) in [6, 6.07) is 5.01. The summed E-state index contributed by atoms with van der Waals surface area (Å²) >= 11 is 6.31. The maximum absolute atomic E-state index is 15.5. The van der Waals surface area contributed by atoms with E-state index in [1.54, 1.807) is 20.8 Å². The summed E-state index contributed by atoms with van der Waals surface area (Å²) < 4.78 is 41.8. The van der Waals surface area contributed by atoms with Crippen LogP contribution >= 0.6 is 11.6 Å². The number of hydrogen-bond donors (Lipinski definition) is 0. The molecule has 0 atom stereocenters. The first-order chi connectivity index (χ1) is 15.5. The van der Waals surface area contributed by atoms with Gasteiger partial charge in [-0.25, -0.2) is 18.6 Å². The maximum Gasteiger partial charge on any atom is 0.410 e. The number of likely N-dealkylation sites (tertiary alicyclic amines) is 1. The molecule has 1 aliphatic heterocycles. The molecule has 4 rings (SSSR count). The maximum atomic E-state index is 15.5. The van der Waals surface area contributed by atoms with Crippen molar-refractivity contribution in [2.75, 3.05) is 20.2 Å². The molecule has 1 fully saturated rings. The molecule has 0 unspecified atom stereocenters. The fraction of sp³-hybridized carbons (Fsp3) is 0.348. The highest BCUT2D eigenvalue weighted by Crippen LogP contribution is 2.40. The van der Waals surface area contributed by atoms with Gasteiger partial charge in [0, 0.05) is 18.7 Å². The lowest BCUT2D eigenvalue weighted by molar-refractivity contribution is 0.000600. The zero-order chi connectivity index (χ0) is 24.1. The smallest absolute Gasteiger partial charge is 0.410 e. The number of ether oxygens (including phenoxy) is 2. The molecule has 1 saturated heterocycles. The van der Waals surface area contributed by atoms with E-state index in [-0.39, 0.29) is 51.9 Å². The van der Waals surface area contributed by atoms with Crippen LogP contribution in [0.15, 0.2) is 35.4 Å². The Kier molecular flexibility index (Phi) is 5.78.